The molecular weight excluding hydrogens is 374 g/mol. The van der Waals surface area contributed by atoms with Crippen molar-refractivity contribution < 1.29 is 13.2 Å². The second-order valence-corrected chi connectivity index (χ2v) is 9.57. The highest BCUT2D eigenvalue weighted by Gasteiger charge is 2.26. The number of sulfonamides is 1. The molecule has 4 rings (SSSR count). The van der Waals surface area contributed by atoms with E-state index in [0.717, 1.165) is 75.6 Å². The summed E-state index contributed by atoms with van der Waals surface area (Å²) in [5, 5.41) is 4.02. The van der Waals surface area contributed by atoms with Crippen LogP contribution >= 0.6 is 0 Å². The number of rotatable bonds is 5. The summed E-state index contributed by atoms with van der Waals surface area (Å²) >= 11 is 0. The van der Waals surface area contributed by atoms with E-state index in [-0.39, 0.29) is 6.04 Å². The number of hydrogen-bond acceptors (Lipinski definition) is 4. The fraction of sp³-hybridized carbons (Fsp3) is 0.571. The number of urea groups is 1. The fourth-order valence-electron chi connectivity index (χ4n) is 4.93. The van der Waals surface area contributed by atoms with Gasteiger partial charge in [-0.15, -0.1) is 0 Å². The summed E-state index contributed by atoms with van der Waals surface area (Å²) < 4.78 is 26.9. The molecule has 1 aliphatic heterocycles. The van der Waals surface area contributed by atoms with Crippen molar-refractivity contribution in [2.75, 3.05) is 18.4 Å². The minimum absolute atomic E-state index is 0.130. The number of nitrogens with one attached hydrogen (secondary N) is 2. The molecule has 28 heavy (non-hydrogen) atoms. The Morgan fingerprint density at radius 3 is 2.46 bits per heavy atom. The Bertz CT molecular complexity index is 876. The first-order chi connectivity index (χ1) is 13.5. The second-order valence-electron chi connectivity index (χ2n) is 8.00. The first kappa shape index (κ1) is 19.5. The van der Waals surface area contributed by atoms with E-state index in [0.29, 0.717) is 0 Å². The third-order valence-corrected chi connectivity index (χ3v) is 7.23. The van der Waals surface area contributed by atoms with Crippen LogP contribution in [0, 0.1) is 0 Å². The standard InChI is InChI=1S/C21H29N3O3S/c1-2-24-12-5-8-17(24)11-13-28(26,27)23-21(25)22-20-18-9-3-6-15(18)14-16-7-4-10-19(16)20/h11,13-14,17H,2-10,12H2,1H3,(H2,22,23,25)/b13-11+/t17-/m0/s1. The van der Waals surface area contributed by atoms with Gasteiger partial charge >= 0.3 is 6.03 Å². The number of carbonyl (C=O) groups excluding carboxylic acids is 1. The highest BCUT2D eigenvalue weighted by molar-refractivity contribution is 7.92. The van der Waals surface area contributed by atoms with Gasteiger partial charge < -0.3 is 5.32 Å². The number of carbonyl (C=O) groups is 1. The predicted octanol–water partition coefficient (Wildman–Crippen LogP) is 3.11. The van der Waals surface area contributed by atoms with Gasteiger partial charge in [0, 0.05) is 17.1 Å². The van der Waals surface area contributed by atoms with Crippen LogP contribution in [0.25, 0.3) is 0 Å². The molecular formula is C21H29N3O3S. The number of aryl methyl sites for hydroxylation is 2. The zero-order valence-electron chi connectivity index (χ0n) is 16.5. The molecule has 1 aromatic rings. The van der Waals surface area contributed by atoms with Crippen molar-refractivity contribution in [1.29, 1.82) is 0 Å². The van der Waals surface area contributed by atoms with E-state index in [9.17, 15) is 13.2 Å². The molecule has 1 fully saturated rings. The van der Waals surface area contributed by atoms with Gasteiger partial charge in [0.1, 0.15) is 0 Å². The molecule has 0 spiro atoms. The molecule has 3 aliphatic rings. The number of hydrogen-bond donors (Lipinski definition) is 2. The Morgan fingerprint density at radius 1 is 1.14 bits per heavy atom. The molecule has 0 aromatic heterocycles. The van der Waals surface area contributed by atoms with Gasteiger partial charge in [0.15, 0.2) is 0 Å². The zero-order valence-corrected chi connectivity index (χ0v) is 17.3. The predicted molar refractivity (Wildman–Crippen MR) is 111 cm³/mol. The van der Waals surface area contributed by atoms with Gasteiger partial charge in [-0.2, -0.15) is 0 Å². The molecule has 2 amide bonds. The number of benzene rings is 1. The third kappa shape index (κ3) is 3.96. The van der Waals surface area contributed by atoms with Gasteiger partial charge in [0.05, 0.1) is 0 Å². The van der Waals surface area contributed by atoms with E-state index in [1.165, 1.54) is 22.3 Å². The minimum atomic E-state index is -3.82. The van der Waals surface area contributed by atoms with E-state index in [1.54, 1.807) is 6.08 Å². The third-order valence-electron chi connectivity index (χ3n) is 6.25. The van der Waals surface area contributed by atoms with Crippen LogP contribution in [0.15, 0.2) is 17.6 Å². The summed E-state index contributed by atoms with van der Waals surface area (Å²) in [7, 11) is -3.82. The Kier molecular flexibility index (Phi) is 5.47. The SMILES string of the molecule is CCN1CCC[C@H]1/C=C/S(=O)(=O)NC(=O)Nc1c2c(cc3c1CCC3)CCC2. The molecule has 152 valence electrons. The van der Waals surface area contributed by atoms with Crippen molar-refractivity contribution in [1.82, 2.24) is 9.62 Å². The number of nitrogens with zero attached hydrogens (tertiary/aromatic N) is 1. The van der Waals surface area contributed by atoms with Crippen LogP contribution in [0.3, 0.4) is 0 Å². The lowest BCUT2D eigenvalue weighted by Crippen LogP contribution is -2.34. The van der Waals surface area contributed by atoms with Crippen molar-refractivity contribution in [3.05, 3.63) is 39.8 Å². The van der Waals surface area contributed by atoms with Crippen molar-refractivity contribution >= 4 is 21.7 Å². The van der Waals surface area contributed by atoms with Crippen molar-refractivity contribution in [2.45, 2.75) is 64.3 Å². The van der Waals surface area contributed by atoms with Gasteiger partial charge in [-0.3, -0.25) is 4.90 Å². The van der Waals surface area contributed by atoms with Gasteiger partial charge in [0.25, 0.3) is 10.0 Å². The van der Waals surface area contributed by atoms with Crippen LogP contribution in [-0.2, 0) is 35.7 Å². The van der Waals surface area contributed by atoms with Crippen molar-refractivity contribution in [2.24, 2.45) is 0 Å². The molecule has 7 heteroatoms. The van der Waals surface area contributed by atoms with E-state index in [1.807, 2.05) is 0 Å². The van der Waals surface area contributed by atoms with E-state index in [2.05, 4.69) is 27.9 Å². The Balaban J connectivity index is 1.46. The average Bonchev–Trinajstić information content (AvgIpc) is 3.39. The molecule has 1 atom stereocenters. The maximum atomic E-state index is 12.5. The normalized spacial score (nSPS) is 21.8. The van der Waals surface area contributed by atoms with Crippen molar-refractivity contribution in [3.63, 3.8) is 0 Å². The summed E-state index contributed by atoms with van der Waals surface area (Å²) in [6, 6.07) is 1.75. The molecule has 2 N–H and O–H groups in total. The summed E-state index contributed by atoms with van der Waals surface area (Å²) in [6.45, 7) is 3.96. The molecule has 0 unspecified atom stereocenters. The summed E-state index contributed by atoms with van der Waals surface area (Å²) in [5.41, 5.74) is 5.84. The average molecular weight is 404 g/mol. The zero-order chi connectivity index (χ0) is 19.7. The number of amides is 2. The maximum Gasteiger partial charge on any atom is 0.333 e. The molecule has 0 bridgehead atoms. The fourth-order valence-corrected chi connectivity index (χ4v) is 5.69. The van der Waals surface area contributed by atoms with Gasteiger partial charge in [-0.1, -0.05) is 19.1 Å². The van der Waals surface area contributed by atoms with Crippen LogP contribution in [0.4, 0.5) is 10.5 Å². The topological polar surface area (TPSA) is 78.5 Å². The van der Waals surface area contributed by atoms with Crippen molar-refractivity contribution in [3.8, 4) is 0 Å². The Hall–Kier alpha value is -1.86. The molecule has 0 saturated carbocycles. The molecule has 6 nitrogen and oxygen atoms in total. The lowest BCUT2D eigenvalue weighted by molar-refractivity contribution is 0.256. The molecule has 1 heterocycles. The monoisotopic (exact) mass is 403 g/mol. The van der Waals surface area contributed by atoms with E-state index >= 15 is 0 Å². The summed E-state index contributed by atoms with van der Waals surface area (Å²) in [6.07, 6.45) is 9.86. The van der Waals surface area contributed by atoms with Crippen LogP contribution < -0.4 is 10.0 Å². The second kappa shape index (κ2) is 7.87. The van der Waals surface area contributed by atoms with Gasteiger partial charge in [0.2, 0.25) is 0 Å². The van der Waals surface area contributed by atoms with Crippen LogP contribution in [0.2, 0.25) is 0 Å². The highest BCUT2D eigenvalue weighted by atomic mass is 32.2. The van der Waals surface area contributed by atoms with Gasteiger partial charge in [-0.25, -0.2) is 17.9 Å². The molecule has 1 aromatic carbocycles. The lowest BCUT2D eigenvalue weighted by Gasteiger charge is -2.19. The first-order valence-corrected chi connectivity index (χ1v) is 11.9. The number of likely N-dealkylation sites (N-methyl/N-ethyl adjacent to an activating group) is 1. The Labute approximate surface area is 167 Å². The number of anilines is 1. The lowest BCUT2D eigenvalue weighted by atomic mass is 9.99. The Morgan fingerprint density at radius 2 is 1.82 bits per heavy atom. The smallest absolute Gasteiger partial charge is 0.307 e. The quantitative estimate of drug-likeness (QED) is 0.792. The summed E-state index contributed by atoms with van der Waals surface area (Å²) in [4.78, 5) is 14.7. The maximum absolute atomic E-state index is 12.5. The molecule has 0 radical (unpaired) electrons. The van der Waals surface area contributed by atoms with Crippen LogP contribution in [0.5, 0.6) is 0 Å². The van der Waals surface area contributed by atoms with E-state index < -0.39 is 16.1 Å². The summed E-state index contributed by atoms with van der Waals surface area (Å²) in [5.74, 6) is 0. The van der Waals surface area contributed by atoms with E-state index in [4.69, 9.17) is 0 Å². The number of likely N-dealkylation sites (tertiary alicyclic amines) is 1. The number of fused-ring (bicyclic) bond motifs is 2. The first-order valence-electron chi connectivity index (χ1n) is 10.4. The van der Waals surface area contributed by atoms with Crippen LogP contribution in [0.1, 0.15) is 54.9 Å². The van der Waals surface area contributed by atoms with Crippen LogP contribution in [-0.4, -0.2) is 38.5 Å². The van der Waals surface area contributed by atoms with Gasteiger partial charge in [-0.05, 0) is 86.7 Å². The molecule has 1 saturated heterocycles. The minimum Gasteiger partial charge on any atom is -0.307 e. The highest BCUT2D eigenvalue weighted by Crippen LogP contribution is 2.38. The molecule has 2 aliphatic carbocycles. The largest absolute Gasteiger partial charge is 0.333 e.